The van der Waals surface area contributed by atoms with Crippen LogP contribution in [0.3, 0.4) is 0 Å². The maximum absolute atomic E-state index is 12.4. The number of carbonyl (C=O) groups excluding carboxylic acids is 1. The molecule has 1 aromatic heterocycles. The second-order valence-electron chi connectivity index (χ2n) is 6.66. The first-order valence-electron chi connectivity index (χ1n) is 8.86. The van der Waals surface area contributed by atoms with Gasteiger partial charge in [-0.25, -0.2) is 0 Å². The minimum atomic E-state index is -0.274. The zero-order valence-electron chi connectivity index (χ0n) is 15.1. The Hall–Kier alpha value is -2.38. The lowest BCUT2D eigenvalue weighted by Gasteiger charge is -2.28. The van der Waals surface area contributed by atoms with Gasteiger partial charge in [-0.1, -0.05) is 17.3 Å². The van der Waals surface area contributed by atoms with Crippen LogP contribution in [-0.2, 0) is 6.54 Å². The third kappa shape index (κ3) is 4.62. The number of amides is 1. The summed E-state index contributed by atoms with van der Waals surface area (Å²) in [5.41, 5.74) is 1.22. The molecule has 0 unspecified atom stereocenters. The van der Waals surface area contributed by atoms with Crippen LogP contribution in [-0.4, -0.2) is 47.4 Å². The summed E-state index contributed by atoms with van der Waals surface area (Å²) in [5, 5.41) is 16.4. The van der Waals surface area contributed by atoms with Crippen molar-refractivity contribution >= 4 is 5.91 Å². The molecular formula is C19H25N3O4. The van der Waals surface area contributed by atoms with Gasteiger partial charge < -0.3 is 19.7 Å². The standard InChI is InChI=1S/C19H25N3O4/c1-13(14-4-3-5-16(10-14)25-2)20-19(24)18-11-17(26-21-18)12-22-8-6-15(23)7-9-22/h3-5,10-11,13,15,23H,6-9,12H2,1-2H3,(H,20,24)/t13-/m1/s1. The van der Waals surface area contributed by atoms with Gasteiger partial charge in [-0.2, -0.15) is 0 Å². The fraction of sp³-hybridized carbons (Fsp3) is 0.474. The van der Waals surface area contributed by atoms with Crippen LogP contribution in [0.5, 0.6) is 5.75 Å². The topological polar surface area (TPSA) is 87.8 Å². The molecule has 0 aliphatic carbocycles. The lowest BCUT2D eigenvalue weighted by atomic mass is 10.1. The Morgan fingerprint density at radius 1 is 1.42 bits per heavy atom. The van der Waals surface area contributed by atoms with Gasteiger partial charge in [-0.3, -0.25) is 9.69 Å². The molecule has 26 heavy (non-hydrogen) atoms. The Morgan fingerprint density at radius 3 is 2.92 bits per heavy atom. The number of piperidine rings is 1. The number of carbonyl (C=O) groups is 1. The quantitative estimate of drug-likeness (QED) is 0.822. The molecule has 1 aliphatic rings. The van der Waals surface area contributed by atoms with Gasteiger partial charge in [0.25, 0.3) is 5.91 Å². The van der Waals surface area contributed by atoms with Crippen LogP contribution >= 0.6 is 0 Å². The Bertz CT molecular complexity index is 738. The number of likely N-dealkylation sites (tertiary alicyclic amines) is 1. The highest BCUT2D eigenvalue weighted by Gasteiger charge is 2.20. The summed E-state index contributed by atoms with van der Waals surface area (Å²) >= 11 is 0. The van der Waals surface area contributed by atoms with Crippen LogP contribution in [0.15, 0.2) is 34.9 Å². The molecule has 1 aromatic carbocycles. The molecule has 1 saturated heterocycles. The summed E-state index contributed by atoms with van der Waals surface area (Å²) < 4.78 is 10.5. The summed E-state index contributed by atoms with van der Waals surface area (Å²) in [6.07, 6.45) is 1.32. The Balaban J connectivity index is 1.57. The Morgan fingerprint density at radius 2 is 2.19 bits per heavy atom. The first kappa shape index (κ1) is 18.4. The van der Waals surface area contributed by atoms with E-state index < -0.39 is 0 Å². The van der Waals surface area contributed by atoms with Gasteiger partial charge >= 0.3 is 0 Å². The average molecular weight is 359 g/mol. The van der Waals surface area contributed by atoms with Gasteiger partial charge in [0.15, 0.2) is 11.5 Å². The Kier molecular flexibility index (Phi) is 5.90. The second kappa shape index (κ2) is 8.33. The number of hydrogen-bond acceptors (Lipinski definition) is 6. The molecule has 2 aromatic rings. The maximum atomic E-state index is 12.4. The highest BCUT2D eigenvalue weighted by atomic mass is 16.5. The monoisotopic (exact) mass is 359 g/mol. The van der Waals surface area contributed by atoms with Gasteiger partial charge in [-0.05, 0) is 37.5 Å². The summed E-state index contributed by atoms with van der Waals surface area (Å²) in [6, 6.07) is 9.08. The molecule has 1 atom stereocenters. The van der Waals surface area contributed by atoms with E-state index in [0.717, 1.165) is 37.2 Å². The first-order chi connectivity index (χ1) is 12.5. The van der Waals surface area contributed by atoms with Crippen molar-refractivity contribution in [3.8, 4) is 5.75 Å². The van der Waals surface area contributed by atoms with E-state index in [-0.39, 0.29) is 23.7 Å². The van der Waals surface area contributed by atoms with Gasteiger partial charge in [0.2, 0.25) is 0 Å². The lowest BCUT2D eigenvalue weighted by Crippen LogP contribution is -2.35. The number of aliphatic hydroxyl groups is 1. The highest BCUT2D eigenvalue weighted by molar-refractivity contribution is 5.92. The average Bonchev–Trinajstić information content (AvgIpc) is 3.12. The predicted octanol–water partition coefficient (Wildman–Crippen LogP) is 2.13. The SMILES string of the molecule is COc1cccc([C@@H](C)NC(=O)c2cc(CN3CCC(O)CC3)on2)c1. The van der Waals surface area contributed by atoms with Gasteiger partial charge in [0.1, 0.15) is 5.75 Å². The van der Waals surface area contributed by atoms with Crippen LogP contribution in [0, 0.1) is 0 Å². The van der Waals surface area contributed by atoms with Crippen molar-refractivity contribution in [3.63, 3.8) is 0 Å². The molecule has 7 nitrogen and oxygen atoms in total. The number of ether oxygens (including phenoxy) is 1. The van der Waals surface area contributed by atoms with Gasteiger partial charge in [0.05, 0.1) is 25.8 Å². The molecule has 140 valence electrons. The van der Waals surface area contributed by atoms with E-state index in [9.17, 15) is 9.90 Å². The number of methoxy groups -OCH3 is 1. The van der Waals surface area contributed by atoms with Gasteiger partial charge in [0, 0.05) is 19.2 Å². The number of aliphatic hydroxyl groups excluding tert-OH is 1. The molecule has 2 N–H and O–H groups in total. The van der Waals surface area contributed by atoms with Crippen molar-refractivity contribution in [2.45, 2.75) is 38.5 Å². The van der Waals surface area contributed by atoms with Crippen LogP contribution in [0.25, 0.3) is 0 Å². The second-order valence-corrected chi connectivity index (χ2v) is 6.66. The van der Waals surface area contributed by atoms with Crippen molar-refractivity contribution in [3.05, 3.63) is 47.3 Å². The number of nitrogens with one attached hydrogen (secondary N) is 1. The molecule has 1 aliphatic heterocycles. The zero-order chi connectivity index (χ0) is 18.5. The molecule has 3 rings (SSSR count). The molecule has 1 fully saturated rings. The maximum Gasteiger partial charge on any atom is 0.273 e. The van der Waals surface area contributed by atoms with Crippen LogP contribution < -0.4 is 10.1 Å². The van der Waals surface area contributed by atoms with E-state index in [1.807, 2.05) is 31.2 Å². The van der Waals surface area contributed by atoms with Crippen molar-refractivity contribution in [2.75, 3.05) is 20.2 Å². The summed E-state index contributed by atoms with van der Waals surface area (Å²) in [7, 11) is 1.61. The third-order valence-electron chi connectivity index (χ3n) is 4.67. The minimum Gasteiger partial charge on any atom is -0.497 e. The van der Waals surface area contributed by atoms with Crippen molar-refractivity contribution in [2.24, 2.45) is 0 Å². The summed E-state index contributed by atoms with van der Waals surface area (Å²) in [4.78, 5) is 14.6. The van der Waals surface area contributed by atoms with E-state index in [4.69, 9.17) is 9.26 Å². The van der Waals surface area contributed by atoms with Crippen molar-refractivity contribution in [1.29, 1.82) is 0 Å². The summed E-state index contributed by atoms with van der Waals surface area (Å²) in [6.45, 7) is 4.14. The number of nitrogens with zero attached hydrogens (tertiary/aromatic N) is 2. The molecule has 0 radical (unpaired) electrons. The molecule has 2 heterocycles. The smallest absolute Gasteiger partial charge is 0.273 e. The fourth-order valence-corrected chi connectivity index (χ4v) is 3.06. The lowest BCUT2D eigenvalue weighted by molar-refractivity contribution is 0.0748. The van der Waals surface area contributed by atoms with Crippen LogP contribution in [0.4, 0.5) is 0 Å². The number of benzene rings is 1. The minimum absolute atomic E-state index is 0.179. The molecule has 0 saturated carbocycles. The Labute approximate surface area is 152 Å². The summed E-state index contributed by atoms with van der Waals surface area (Å²) in [5.74, 6) is 1.13. The number of rotatable bonds is 6. The van der Waals surface area contributed by atoms with Crippen LogP contribution in [0.1, 0.15) is 47.6 Å². The van der Waals surface area contributed by atoms with E-state index in [0.29, 0.717) is 12.3 Å². The van der Waals surface area contributed by atoms with Crippen LogP contribution in [0.2, 0.25) is 0 Å². The number of aromatic nitrogens is 1. The zero-order valence-corrected chi connectivity index (χ0v) is 15.1. The predicted molar refractivity (Wildman–Crippen MR) is 95.9 cm³/mol. The molecule has 0 bridgehead atoms. The molecule has 0 spiro atoms. The normalized spacial score (nSPS) is 17.0. The van der Waals surface area contributed by atoms with E-state index in [1.54, 1.807) is 13.2 Å². The third-order valence-corrected chi connectivity index (χ3v) is 4.67. The molecule has 1 amide bonds. The van der Waals surface area contributed by atoms with Gasteiger partial charge in [-0.15, -0.1) is 0 Å². The van der Waals surface area contributed by atoms with E-state index in [2.05, 4.69) is 15.4 Å². The molecule has 7 heteroatoms. The van der Waals surface area contributed by atoms with E-state index in [1.165, 1.54) is 0 Å². The highest BCUT2D eigenvalue weighted by Crippen LogP contribution is 2.19. The fourth-order valence-electron chi connectivity index (χ4n) is 3.06. The van der Waals surface area contributed by atoms with E-state index >= 15 is 0 Å². The first-order valence-corrected chi connectivity index (χ1v) is 8.86. The van der Waals surface area contributed by atoms with Crippen molar-refractivity contribution < 1.29 is 19.2 Å². The largest absolute Gasteiger partial charge is 0.497 e. The number of hydrogen-bond donors (Lipinski definition) is 2. The van der Waals surface area contributed by atoms with Crippen molar-refractivity contribution in [1.82, 2.24) is 15.4 Å². The molecular weight excluding hydrogens is 334 g/mol.